The van der Waals surface area contributed by atoms with Gasteiger partial charge in [-0.15, -0.1) is 0 Å². The summed E-state index contributed by atoms with van der Waals surface area (Å²) in [5.74, 6) is 1.53. The van der Waals surface area contributed by atoms with Crippen LogP contribution in [0, 0.1) is 6.92 Å². The Balaban J connectivity index is 2.25. The summed E-state index contributed by atoms with van der Waals surface area (Å²) >= 11 is 0. The molecule has 0 fully saturated rings. The predicted octanol–water partition coefficient (Wildman–Crippen LogP) is 1.78. The van der Waals surface area contributed by atoms with Gasteiger partial charge < -0.3 is 16.2 Å². The van der Waals surface area contributed by atoms with Crippen LogP contribution in [0.2, 0.25) is 0 Å². The Kier molecular flexibility index (Phi) is 3.38. The first-order chi connectivity index (χ1) is 8.69. The van der Waals surface area contributed by atoms with Crippen molar-refractivity contribution in [2.24, 2.45) is 10.7 Å². The highest BCUT2D eigenvalue weighted by molar-refractivity contribution is 5.57. The zero-order chi connectivity index (χ0) is 13.0. The number of anilines is 1. The Morgan fingerprint density at radius 3 is 2.83 bits per heavy atom. The maximum atomic E-state index is 5.67. The number of nitrogens with two attached hydrogens (primary N) is 2. The van der Waals surface area contributed by atoms with Gasteiger partial charge >= 0.3 is 0 Å². The van der Waals surface area contributed by atoms with Crippen LogP contribution in [0.15, 0.2) is 35.6 Å². The SMILES string of the molecule is Cc1cc(N)ccc1Oc1cc(N=CN)ncn1. The van der Waals surface area contributed by atoms with Crippen LogP contribution >= 0.6 is 0 Å². The zero-order valence-electron chi connectivity index (χ0n) is 9.87. The van der Waals surface area contributed by atoms with E-state index >= 15 is 0 Å². The Labute approximate surface area is 104 Å². The van der Waals surface area contributed by atoms with Crippen molar-refractivity contribution in [1.82, 2.24) is 9.97 Å². The highest BCUT2D eigenvalue weighted by atomic mass is 16.5. The van der Waals surface area contributed by atoms with Gasteiger partial charge in [0.15, 0.2) is 5.82 Å². The van der Waals surface area contributed by atoms with Crippen LogP contribution in [0.3, 0.4) is 0 Å². The van der Waals surface area contributed by atoms with Crippen LogP contribution in [-0.4, -0.2) is 16.3 Å². The van der Waals surface area contributed by atoms with Crippen molar-refractivity contribution in [1.29, 1.82) is 0 Å². The van der Waals surface area contributed by atoms with Gasteiger partial charge in [0.1, 0.15) is 12.1 Å². The molecule has 1 heterocycles. The molecule has 1 aromatic heterocycles. The fraction of sp³-hybridized carbons (Fsp3) is 0.0833. The summed E-state index contributed by atoms with van der Waals surface area (Å²) in [6, 6.07) is 6.98. The quantitative estimate of drug-likeness (QED) is 0.486. The monoisotopic (exact) mass is 243 g/mol. The molecule has 0 aliphatic heterocycles. The normalized spacial score (nSPS) is 10.7. The zero-order valence-corrected chi connectivity index (χ0v) is 9.87. The van der Waals surface area contributed by atoms with Crippen molar-refractivity contribution in [3.05, 3.63) is 36.2 Å². The molecule has 4 N–H and O–H groups in total. The van der Waals surface area contributed by atoms with Gasteiger partial charge in [-0.3, -0.25) is 0 Å². The molecule has 0 atom stereocenters. The number of nitrogen functional groups attached to an aromatic ring is 1. The van der Waals surface area contributed by atoms with Crippen LogP contribution in [0.1, 0.15) is 5.56 Å². The fourth-order valence-corrected chi connectivity index (χ4v) is 1.43. The smallest absolute Gasteiger partial charge is 0.224 e. The van der Waals surface area contributed by atoms with E-state index in [1.165, 1.54) is 12.7 Å². The average molecular weight is 243 g/mol. The average Bonchev–Trinajstić information content (AvgIpc) is 2.34. The first-order valence-corrected chi connectivity index (χ1v) is 5.29. The molecule has 0 aliphatic carbocycles. The van der Waals surface area contributed by atoms with Crippen LogP contribution in [-0.2, 0) is 0 Å². The van der Waals surface area contributed by atoms with Crippen LogP contribution in [0.25, 0.3) is 0 Å². The highest BCUT2D eigenvalue weighted by Crippen LogP contribution is 2.26. The van der Waals surface area contributed by atoms with E-state index in [4.69, 9.17) is 16.2 Å². The summed E-state index contributed by atoms with van der Waals surface area (Å²) in [7, 11) is 0. The number of rotatable bonds is 3. The highest BCUT2D eigenvalue weighted by Gasteiger charge is 2.04. The maximum absolute atomic E-state index is 5.67. The van der Waals surface area contributed by atoms with Gasteiger partial charge in [-0.2, -0.15) is 0 Å². The molecule has 0 radical (unpaired) electrons. The Morgan fingerprint density at radius 2 is 2.11 bits per heavy atom. The molecule has 0 saturated carbocycles. The third-order valence-corrected chi connectivity index (χ3v) is 2.25. The number of hydrogen-bond donors (Lipinski definition) is 2. The fourth-order valence-electron chi connectivity index (χ4n) is 1.43. The standard InChI is InChI=1S/C12H13N5O/c1-8-4-9(14)2-3-10(8)18-12-5-11(15-6-13)16-7-17-12/h2-7H,14H2,1H3,(H2,13,15,16,17). The molecule has 0 bridgehead atoms. The largest absolute Gasteiger partial charge is 0.439 e. The van der Waals surface area contributed by atoms with Gasteiger partial charge in [0, 0.05) is 11.8 Å². The minimum atomic E-state index is 0.401. The van der Waals surface area contributed by atoms with Crippen LogP contribution < -0.4 is 16.2 Å². The third-order valence-electron chi connectivity index (χ3n) is 2.25. The molecule has 0 amide bonds. The molecular formula is C12H13N5O. The minimum absolute atomic E-state index is 0.401. The molecule has 2 rings (SSSR count). The molecule has 18 heavy (non-hydrogen) atoms. The molecule has 6 heteroatoms. The van der Waals surface area contributed by atoms with Gasteiger partial charge in [-0.05, 0) is 30.7 Å². The second kappa shape index (κ2) is 5.13. The number of aliphatic imine (C=N–C) groups is 1. The lowest BCUT2D eigenvalue weighted by molar-refractivity contribution is 0.458. The van der Waals surface area contributed by atoms with Gasteiger partial charge in [-0.1, -0.05) is 0 Å². The van der Waals surface area contributed by atoms with E-state index in [0.717, 1.165) is 5.56 Å². The van der Waals surface area contributed by atoms with Gasteiger partial charge in [0.25, 0.3) is 0 Å². The van der Waals surface area contributed by atoms with E-state index in [1.54, 1.807) is 18.2 Å². The molecule has 0 aliphatic rings. The Bertz CT molecular complexity index is 582. The maximum Gasteiger partial charge on any atom is 0.224 e. The van der Waals surface area contributed by atoms with Crippen molar-refractivity contribution in [2.75, 3.05) is 5.73 Å². The number of hydrogen-bond acceptors (Lipinski definition) is 5. The van der Waals surface area contributed by atoms with Crippen molar-refractivity contribution < 1.29 is 4.74 Å². The first kappa shape index (κ1) is 11.8. The van der Waals surface area contributed by atoms with Crippen molar-refractivity contribution in [2.45, 2.75) is 6.92 Å². The molecular weight excluding hydrogens is 230 g/mol. The third kappa shape index (κ3) is 2.73. The van der Waals surface area contributed by atoms with E-state index in [2.05, 4.69) is 15.0 Å². The lowest BCUT2D eigenvalue weighted by Crippen LogP contribution is -1.93. The second-order valence-electron chi connectivity index (χ2n) is 3.62. The number of nitrogens with zero attached hydrogens (tertiary/aromatic N) is 3. The van der Waals surface area contributed by atoms with E-state index in [1.807, 2.05) is 13.0 Å². The lowest BCUT2D eigenvalue weighted by Gasteiger charge is -2.08. The van der Waals surface area contributed by atoms with Crippen molar-refractivity contribution >= 4 is 17.8 Å². The summed E-state index contributed by atoms with van der Waals surface area (Å²) in [6.45, 7) is 1.91. The Morgan fingerprint density at radius 1 is 1.28 bits per heavy atom. The molecule has 2 aromatic rings. The molecule has 1 aromatic carbocycles. The van der Waals surface area contributed by atoms with Crippen molar-refractivity contribution in [3.63, 3.8) is 0 Å². The molecule has 0 saturated heterocycles. The Hall–Kier alpha value is -2.63. The molecule has 0 unspecified atom stereocenters. The summed E-state index contributed by atoms with van der Waals surface area (Å²) in [5, 5.41) is 0. The van der Waals surface area contributed by atoms with Gasteiger partial charge in [-0.25, -0.2) is 15.0 Å². The molecule has 6 nitrogen and oxygen atoms in total. The first-order valence-electron chi connectivity index (χ1n) is 5.29. The van der Waals surface area contributed by atoms with E-state index < -0.39 is 0 Å². The van der Waals surface area contributed by atoms with Crippen LogP contribution in [0.5, 0.6) is 11.6 Å². The van der Waals surface area contributed by atoms with E-state index in [9.17, 15) is 0 Å². The number of ether oxygens (including phenoxy) is 1. The number of aryl methyl sites for hydroxylation is 1. The van der Waals surface area contributed by atoms with Crippen molar-refractivity contribution in [3.8, 4) is 11.6 Å². The summed E-state index contributed by atoms with van der Waals surface area (Å²) in [4.78, 5) is 11.8. The van der Waals surface area contributed by atoms with Gasteiger partial charge in [0.2, 0.25) is 5.88 Å². The summed E-state index contributed by atoms with van der Waals surface area (Å²) in [6.07, 6.45) is 2.53. The molecule has 92 valence electrons. The van der Waals surface area contributed by atoms with E-state index in [-0.39, 0.29) is 0 Å². The second-order valence-corrected chi connectivity index (χ2v) is 3.62. The topological polar surface area (TPSA) is 99.4 Å². The van der Waals surface area contributed by atoms with E-state index in [0.29, 0.717) is 23.1 Å². The summed E-state index contributed by atoms with van der Waals surface area (Å²) < 4.78 is 5.63. The minimum Gasteiger partial charge on any atom is -0.439 e. The predicted molar refractivity (Wildman–Crippen MR) is 70.0 cm³/mol. The summed E-state index contributed by atoms with van der Waals surface area (Å²) in [5.41, 5.74) is 12.5. The number of benzene rings is 1. The van der Waals surface area contributed by atoms with Gasteiger partial charge in [0.05, 0.1) is 6.34 Å². The number of aromatic nitrogens is 2. The lowest BCUT2D eigenvalue weighted by atomic mass is 10.2. The van der Waals surface area contributed by atoms with Crippen LogP contribution in [0.4, 0.5) is 11.5 Å². The molecule has 0 spiro atoms.